The lowest BCUT2D eigenvalue weighted by atomic mass is 10.1. The average molecular weight is 295 g/mol. The minimum absolute atomic E-state index is 0.485. The zero-order valence-electron chi connectivity index (χ0n) is 12.1. The Bertz CT molecular complexity index is 460. The normalized spacial score (nSPS) is 24.6. The van der Waals surface area contributed by atoms with Crippen molar-refractivity contribution in [2.24, 2.45) is 0 Å². The number of fused-ring (bicyclic) bond motifs is 1. The van der Waals surface area contributed by atoms with Gasteiger partial charge in [0, 0.05) is 36.7 Å². The highest BCUT2D eigenvalue weighted by atomic mass is 35.5. The third kappa shape index (κ3) is 3.34. The summed E-state index contributed by atoms with van der Waals surface area (Å²) in [5.41, 5.74) is 2.84. The molecule has 1 N–H and O–H groups in total. The Kier molecular flexibility index (Phi) is 4.61. The van der Waals surface area contributed by atoms with Gasteiger partial charge in [0.15, 0.2) is 0 Å². The highest BCUT2D eigenvalue weighted by Gasteiger charge is 2.24. The first-order valence-corrected chi connectivity index (χ1v) is 7.94. The van der Waals surface area contributed by atoms with Crippen molar-refractivity contribution in [2.75, 3.05) is 32.8 Å². The molecular formula is C16H23ClN2O. The van der Waals surface area contributed by atoms with Gasteiger partial charge < -0.3 is 10.1 Å². The zero-order valence-corrected chi connectivity index (χ0v) is 12.8. The molecule has 2 aliphatic rings. The van der Waals surface area contributed by atoms with Crippen LogP contribution in [0.1, 0.15) is 30.5 Å². The topological polar surface area (TPSA) is 24.5 Å². The Morgan fingerprint density at radius 3 is 3.00 bits per heavy atom. The van der Waals surface area contributed by atoms with E-state index in [-0.39, 0.29) is 0 Å². The number of benzene rings is 1. The zero-order chi connectivity index (χ0) is 13.9. The monoisotopic (exact) mass is 294 g/mol. The van der Waals surface area contributed by atoms with Crippen LogP contribution in [0.5, 0.6) is 0 Å². The molecule has 0 saturated carbocycles. The van der Waals surface area contributed by atoms with Gasteiger partial charge in [-0.25, -0.2) is 0 Å². The summed E-state index contributed by atoms with van der Waals surface area (Å²) in [6.45, 7) is 7.24. The second-order valence-electron chi connectivity index (χ2n) is 5.92. The van der Waals surface area contributed by atoms with Gasteiger partial charge in [-0.1, -0.05) is 17.7 Å². The number of rotatable bonds is 4. The maximum Gasteiger partial charge on any atom is 0.0594 e. The molecule has 110 valence electrons. The Hall–Kier alpha value is -0.610. The van der Waals surface area contributed by atoms with E-state index in [0.717, 1.165) is 44.3 Å². The number of halogens is 1. The van der Waals surface area contributed by atoms with Gasteiger partial charge >= 0.3 is 0 Å². The van der Waals surface area contributed by atoms with Crippen LogP contribution in [-0.4, -0.2) is 43.8 Å². The highest BCUT2D eigenvalue weighted by Crippen LogP contribution is 2.33. The second-order valence-corrected chi connectivity index (χ2v) is 6.35. The largest absolute Gasteiger partial charge is 0.379 e. The fourth-order valence-corrected chi connectivity index (χ4v) is 3.52. The maximum absolute atomic E-state index is 6.07. The molecule has 1 aromatic rings. The van der Waals surface area contributed by atoms with Crippen LogP contribution in [0.25, 0.3) is 0 Å². The van der Waals surface area contributed by atoms with Crippen LogP contribution in [-0.2, 0) is 11.2 Å². The van der Waals surface area contributed by atoms with E-state index in [1.807, 2.05) is 6.07 Å². The van der Waals surface area contributed by atoms with Gasteiger partial charge in [-0.2, -0.15) is 0 Å². The molecule has 20 heavy (non-hydrogen) atoms. The summed E-state index contributed by atoms with van der Waals surface area (Å²) in [5.74, 6) is 0. The van der Waals surface area contributed by atoms with Crippen LogP contribution in [0.15, 0.2) is 18.2 Å². The van der Waals surface area contributed by atoms with Crippen molar-refractivity contribution in [3.63, 3.8) is 0 Å². The van der Waals surface area contributed by atoms with Gasteiger partial charge in [0.05, 0.1) is 13.2 Å². The number of hydrogen-bond donors (Lipinski definition) is 1. The Labute approximate surface area is 126 Å². The number of aryl methyl sites for hydroxylation is 1. The SMILES string of the molecule is CC(CN1CCOCC1)NC1CCc2cc(Cl)ccc21. The minimum Gasteiger partial charge on any atom is -0.379 e. The van der Waals surface area contributed by atoms with E-state index >= 15 is 0 Å². The summed E-state index contributed by atoms with van der Waals surface area (Å²) in [7, 11) is 0. The minimum atomic E-state index is 0.485. The fraction of sp³-hybridized carbons (Fsp3) is 0.625. The number of nitrogens with one attached hydrogen (secondary N) is 1. The highest BCUT2D eigenvalue weighted by molar-refractivity contribution is 6.30. The lowest BCUT2D eigenvalue weighted by molar-refractivity contribution is 0.0338. The summed E-state index contributed by atoms with van der Waals surface area (Å²) in [4.78, 5) is 2.49. The van der Waals surface area contributed by atoms with Crippen molar-refractivity contribution in [3.05, 3.63) is 34.3 Å². The van der Waals surface area contributed by atoms with E-state index in [0.29, 0.717) is 12.1 Å². The van der Waals surface area contributed by atoms with Crippen molar-refractivity contribution in [1.82, 2.24) is 10.2 Å². The Balaban J connectivity index is 1.56. The van der Waals surface area contributed by atoms with Gasteiger partial charge in [0.2, 0.25) is 0 Å². The van der Waals surface area contributed by atoms with Gasteiger partial charge in [-0.3, -0.25) is 4.90 Å². The maximum atomic E-state index is 6.07. The predicted molar refractivity (Wildman–Crippen MR) is 82.4 cm³/mol. The molecule has 2 unspecified atom stereocenters. The molecule has 1 heterocycles. The molecule has 0 bridgehead atoms. The molecule has 0 radical (unpaired) electrons. The van der Waals surface area contributed by atoms with E-state index in [1.54, 1.807) is 0 Å². The molecule has 0 amide bonds. The second kappa shape index (κ2) is 6.44. The molecule has 1 saturated heterocycles. The first-order valence-electron chi connectivity index (χ1n) is 7.57. The Morgan fingerprint density at radius 1 is 1.40 bits per heavy atom. The smallest absolute Gasteiger partial charge is 0.0594 e. The van der Waals surface area contributed by atoms with Crippen LogP contribution in [0, 0.1) is 0 Å². The molecule has 1 aromatic carbocycles. The third-order valence-corrected chi connectivity index (χ3v) is 4.54. The molecule has 1 aliphatic heterocycles. The van der Waals surface area contributed by atoms with E-state index in [4.69, 9.17) is 16.3 Å². The van der Waals surface area contributed by atoms with Crippen LogP contribution < -0.4 is 5.32 Å². The van der Waals surface area contributed by atoms with Crippen molar-refractivity contribution < 1.29 is 4.74 Å². The summed E-state index contributed by atoms with van der Waals surface area (Å²) in [5, 5.41) is 4.63. The third-order valence-electron chi connectivity index (χ3n) is 4.30. The van der Waals surface area contributed by atoms with Crippen molar-refractivity contribution in [1.29, 1.82) is 0 Å². The predicted octanol–water partition coefficient (Wildman–Crippen LogP) is 2.64. The molecule has 1 aliphatic carbocycles. The van der Waals surface area contributed by atoms with Crippen LogP contribution in [0.2, 0.25) is 5.02 Å². The van der Waals surface area contributed by atoms with Crippen LogP contribution >= 0.6 is 11.6 Å². The van der Waals surface area contributed by atoms with Crippen molar-refractivity contribution >= 4 is 11.6 Å². The van der Waals surface area contributed by atoms with Crippen molar-refractivity contribution in [3.8, 4) is 0 Å². The van der Waals surface area contributed by atoms with Crippen molar-refractivity contribution in [2.45, 2.75) is 31.8 Å². The van der Waals surface area contributed by atoms with Gasteiger partial charge in [0.25, 0.3) is 0 Å². The summed E-state index contributed by atoms with van der Waals surface area (Å²) in [6.07, 6.45) is 2.32. The molecule has 2 atom stereocenters. The average Bonchev–Trinajstić information content (AvgIpc) is 2.82. The first kappa shape index (κ1) is 14.3. The number of morpholine rings is 1. The fourth-order valence-electron chi connectivity index (χ4n) is 3.33. The molecule has 0 spiro atoms. The standard InChI is InChI=1S/C16H23ClN2O/c1-12(11-19-6-8-20-9-7-19)18-16-5-2-13-10-14(17)3-4-15(13)16/h3-4,10,12,16,18H,2,5-9,11H2,1H3. The van der Waals surface area contributed by atoms with E-state index < -0.39 is 0 Å². The number of ether oxygens (including phenoxy) is 1. The van der Waals surface area contributed by atoms with E-state index in [1.165, 1.54) is 17.5 Å². The molecule has 3 rings (SSSR count). The number of nitrogens with zero attached hydrogens (tertiary/aromatic N) is 1. The lowest BCUT2D eigenvalue weighted by Crippen LogP contribution is -2.45. The van der Waals surface area contributed by atoms with E-state index in [9.17, 15) is 0 Å². The molecule has 1 fully saturated rings. The van der Waals surface area contributed by atoms with E-state index in [2.05, 4.69) is 29.3 Å². The van der Waals surface area contributed by atoms with Gasteiger partial charge in [-0.05, 0) is 43.0 Å². The number of hydrogen-bond acceptors (Lipinski definition) is 3. The van der Waals surface area contributed by atoms with Gasteiger partial charge in [0.1, 0.15) is 0 Å². The summed E-state index contributed by atoms with van der Waals surface area (Å²) < 4.78 is 5.40. The first-order chi connectivity index (χ1) is 9.72. The molecule has 4 heteroatoms. The summed E-state index contributed by atoms with van der Waals surface area (Å²) in [6, 6.07) is 7.29. The quantitative estimate of drug-likeness (QED) is 0.924. The molecule has 3 nitrogen and oxygen atoms in total. The van der Waals surface area contributed by atoms with Gasteiger partial charge in [-0.15, -0.1) is 0 Å². The van der Waals surface area contributed by atoms with Crippen LogP contribution in [0.3, 0.4) is 0 Å². The lowest BCUT2D eigenvalue weighted by Gasteiger charge is -2.30. The summed E-state index contributed by atoms with van der Waals surface area (Å²) >= 11 is 6.07. The van der Waals surface area contributed by atoms with Crippen LogP contribution in [0.4, 0.5) is 0 Å². The molecule has 0 aromatic heterocycles. The Morgan fingerprint density at radius 2 is 2.20 bits per heavy atom. The molecular weight excluding hydrogens is 272 g/mol.